The summed E-state index contributed by atoms with van der Waals surface area (Å²) < 4.78 is 10.6. The molecule has 3 heterocycles. The van der Waals surface area contributed by atoms with Crippen LogP contribution in [0.3, 0.4) is 0 Å². The summed E-state index contributed by atoms with van der Waals surface area (Å²) in [6.45, 7) is 2.15. The predicted octanol–water partition coefficient (Wildman–Crippen LogP) is 4.47. The number of hydrogen-bond donors (Lipinski definition) is 5. The van der Waals surface area contributed by atoms with E-state index in [0.29, 0.717) is 38.7 Å². The van der Waals surface area contributed by atoms with Crippen molar-refractivity contribution in [3.63, 3.8) is 0 Å². The van der Waals surface area contributed by atoms with Crippen molar-refractivity contribution < 1.29 is 23.9 Å². The van der Waals surface area contributed by atoms with Crippen molar-refractivity contribution in [2.45, 2.75) is 44.2 Å². The molecule has 7 rings (SSSR count). The van der Waals surface area contributed by atoms with Crippen LogP contribution in [0, 0.1) is 5.92 Å². The summed E-state index contributed by atoms with van der Waals surface area (Å²) in [5, 5.41) is 10.8. The van der Waals surface area contributed by atoms with Gasteiger partial charge in [-0.05, 0) is 84.8 Å². The predicted molar refractivity (Wildman–Crippen MR) is 194 cm³/mol. The molecule has 3 amide bonds. The van der Waals surface area contributed by atoms with Gasteiger partial charge in [-0.1, -0.05) is 30.3 Å². The van der Waals surface area contributed by atoms with E-state index in [4.69, 9.17) is 14.5 Å². The van der Waals surface area contributed by atoms with E-state index in [1.54, 1.807) is 11.9 Å². The molecule has 0 spiro atoms. The Labute approximate surface area is 295 Å². The van der Waals surface area contributed by atoms with Gasteiger partial charge in [0.25, 0.3) is 0 Å². The largest absolute Gasteiger partial charge is 0.453 e. The number of aromatic amines is 2. The number of H-pyrrole nitrogens is 2. The molecule has 0 bridgehead atoms. The first-order valence-corrected chi connectivity index (χ1v) is 17.6. The van der Waals surface area contributed by atoms with Crippen molar-refractivity contribution in [1.29, 1.82) is 0 Å². The van der Waals surface area contributed by atoms with Gasteiger partial charge in [0, 0.05) is 25.1 Å². The van der Waals surface area contributed by atoms with Gasteiger partial charge in [0.2, 0.25) is 11.8 Å². The number of morpholine rings is 1. The Balaban J connectivity index is 1.03. The van der Waals surface area contributed by atoms with Crippen LogP contribution in [0.4, 0.5) is 4.79 Å². The lowest BCUT2D eigenvalue weighted by Gasteiger charge is -2.36. The number of imidazole rings is 2. The highest BCUT2D eigenvalue weighted by Crippen LogP contribution is 2.36. The molecule has 1 aliphatic heterocycles. The van der Waals surface area contributed by atoms with E-state index < -0.39 is 18.2 Å². The molecule has 2 fully saturated rings. The van der Waals surface area contributed by atoms with Crippen LogP contribution in [-0.4, -0.2) is 95.8 Å². The van der Waals surface area contributed by atoms with Crippen molar-refractivity contribution in [1.82, 2.24) is 40.8 Å². The van der Waals surface area contributed by atoms with Crippen molar-refractivity contribution >= 4 is 39.7 Å². The molecule has 3 aromatic carbocycles. The van der Waals surface area contributed by atoms with Gasteiger partial charge >= 0.3 is 6.09 Å². The summed E-state index contributed by atoms with van der Waals surface area (Å²) in [6, 6.07) is 18.0. The average Bonchev–Trinajstić information content (AvgIpc) is 3.73. The van der Waals surface area contributed by atoms with Crippen molar-refractivity contribution in [3.05, 3.63) is 72.4 Å². The highest BCUT2D eigenvalue weighted by Gasteiger charge is 2.42. The van der Waals surface area contributed by atoms with E-state index in [0.717, 1.165) is 82.1 Å². The number of unbranched alkanes of at least 4 members (excludes halogenated alkanes) is 1. The normalized spacial score (nSPS) is 16.7. The minimum Gasteiger partial charge on any atom is -0.453 e. The quantitative estimate of drug-likeness (QED) is 0.113. The lowest BCUT2D eigenvalue weighted by molar-refractivity contribution is -0.143. The first-order valence-electron chi connectivity index (χ1n) is 17.6. The first kappa shape index (κ1) is 34.2. The Morgan fingerprint density at radius 1 is 1.00 bits per heavy atom. The third-order valence-electron chi connectivity index (χ3n) is 9.66. The number of carbonyl (C=O) groups is 3. The SMILES string of the molecule is CNCC(=O)NCCCCc1ncc(-c2ccc3cc(-c4ccc5nc(C6COCCN6C(=O)C(NC(=O)OC)C6CC6)[nH]c5c4)ccc3c2)[nH]1. The van der Waals surface area contributed by atoms with Crippen LogP contribution in [0.1, 0.15) is 43.4 Å². The molecule has 1 aliphatic carbocycles. The molecule has 2 aliphatic rings. The summed E-state index contributed by atoms with van der Waals surface area (Å²) >= 11 is 0. The fourth-order valence-corrected chi connectivity index (χ4v) is 6.73. The molecule has 1 saturated heterocycles. The highest BCUT2D eigenvalue weighted by molar-refractivity contribution is 5.92. The standard InChI is InChI=1S/C38H44N8O5/c1-39-21-34(47)40-14-4-3-5-33-41-20-31(42-33)28-11-10-24-17-25(8-9-26(24)18-28)27-12-13-29-30(19-27)44-36(43-29)32-22-51-16-15-46(32)37(48)35(23-6-7-23)45-38(49)50-2/h8-13,17-20,23,32,35,39H,3-7,14-16,21-22H2,1-2H3,(H,40,47)(H,41,42)(H,43,44)(H,45,49). The summed E-state index contributed by atoms with van der Waals surface area (Å²) in [5.41, 5.74) is 5.86. The fraction of sp³-hybridized carbons (Fsp3) is 0.395. The topological polar surface area (TPSA) is 166 Å². The number of amides is 3. The summed E-state index contributed by atoms with van der Waals surface area (Å²) in [4.78, 5) is 55.5. The van der Waals surface area contributed by atoms with Crippen LogP contribution >= 0.6 is 0 Å². The Morgan fingerprint density at radius 3 is 2.55 bits per heavy atom. The van der Waals surface area contributed by atoms with Gasteiger partial charge in [-0.15, -0.1) is 0 Å². The van der Waals surface area contributed by atoms with Crippen LogP contribution in [0.25, 0.3) is 44.2 Å². The second-order valence-corrected chi connectivity index (χ2v) is 13.3. The number of ether oxygens (including phenoxy) is 2. The van der Waals surface area contributed by atoms with Crippen LogP contribution in [0.5, 0.6) is 0 Å². The monoisotopic (exact) mass is 692 g/mol. The van der Waals surface area contributed by atoms with Crippen molar-refractivity contribution in [2.75, 3.05) is 47.0 Å². The van der Waals surface area contributed by atoms with E-state index in [9.17, 15) is 14.4 Å². The maximum atomic E-state index is 13.7. The molecular formula is C38H44N8O5. The number of nitrogens with one attached hydrogen (secondary N) is 5. The second-order valence-electron chi connectivity index (χ2n) is 13.3. The third kappa shape index (κ3) is 7.89. The second kappa shape index (κ2) is 15.3. The molecule has 266 valence electrons. The number of likely N-dealkylation sites (N-methyl/N-ethyl adjacent to an activating group) is 1. The van der Waals surface area contributed by atoms with E-state index in [2.05, 4.69) is 79.4 Å². The van der Waals surface area contributed by atoms with Gasteiger partial charge in [0.05, 0.1) is 49.8 Å². The highest BCUT2D eigenvalue weighted by atomic mass is 16.5. The molecular weight excluding hydrogens is 648 g/mol. The molecule has 0 radical (unpaired) electrons. The molecule has 5 aromatic rings. The number of nitrogens with zero attached hydrogens (tertiary/aromatic N) is 3. The molecule has 13 heteroatoms. The molecule has 2 aromatic heterocycles. The zero-order valence-electron chi connectivity index (χ0n) is 29.0. The van der Waals surface area contributed by atoms with Crippen molar-refractivity contribution in [3.8, 4) is 22.4 Å². The van der Waals surface area contributed by atoms with E-state index in [1.165, 1.54) is 7.11 Å². The number of aromatic nitrogens is 4. The van der Waals surface area contributed by atoms with Gasteiger partial charge in [0.1, 0.15) is 23.7 Å². The zero-order valence-corrected chi connectivity index (χ0v) is 29.0. The summed E-state index contributed by atoms with van der Waals surface area (Å²) in [7, 11) is 3.06. The lowest BCUT2D eigenvalue weighted by Crippen LogP contribution is -2.54. The molecule has 5 N–H and O–H groups in total. The van der Waals surface area contributed by atoms with Gasteiger partial charge in [-0.3, -0.25) is 9.59 Å². The lowest BCUT2D eigenvalue weighted by atomic mass is 9.99. The number of aryl methyl sites for hydroxylation is 1. The number of methoxy groups -OCH3 is 1. The number of hydrogen-bond acceptors (Lipinski definition) is 8. The van der Waals surface area contributed by atoms with Crippen LogP contribution < -0.4 is 16.0 Å². The van der Waals surface area contributed by atoms with Gasteiger partial charge < -0.3 is 40.3 Å². The summed E-state index contributed by atoms with van der Waals surface area (Å²) in [5.74, 6) is 1.58. The van der Waals surface area contributed by atoms with Gasteiger partial charge in [-0.25, -0.2) is 14.8 Å². The van der Waals surface area contributed by atoms with Crippen molar-refractivity contribution in [2.24, 2.45) is 5.92 Å². The Bertz CT molecular complexity index is 2040. The van der Waals surface area contributed by atoms with Crippen LogP contribution in [0.2, 0.25) is 0 Å². The van der Waals surface area contributed by atoms with E-state index >= 15 is 0 Å². The maximum Gasteiger partial charge on any atom is 0.407 e. The number of carbonyl (C=O) groups excluding carboxylic acids is 3. The zero-order chi connectivity index (χ0) is 35.3. The minimum absolute atomic E-state index is 0.0116. The molecule has 2 unspecified atom stereocenters. The Kier molecular flexibility index (Phi) is 10.3. The number of fused-ring (bicyclic) bond motifs is 2. The first-order chi connectivity index (χ1) is 24.9. The maximum absolute atomic E-state index is 13.7. The number of alkyl carbamates (subject to hydrolysis) is 1. The Hall–Kier alpha value is -5.27. The Morgan fingerprint density at radius 2 is 1.76 bits per heavy atom. The third-order valence-corrected chi connectivity index (χ3v) is 9.66. The van der Waals surface area contributed by atoms with E-state index in [-0.39, 0.29) is 17.7 Å². The molecule has 2 atom stereocenters. The molecule has 51 heavy (non-hydrogen) atoms. The van der Waals surface area contributed by atoms with Gasteiger partial charge in [0.15, 0.2) is 0 Å². The average molecular weight is 693 g/mol. The molecule has 13 nitrogen and oxygen atoms in total. The van der Waals surface area contributed by atoms with Gasteiger partial charge in [-0.2, -0.15) is 0 Å². The summed E-state index contributed by atoms with van der Waals surface area (Å²) in [6.07, 6.45) is 5.72. The smallest absolute Gasteiger partial charge is 0.407 e. The molecule has 1 saturated carbocycles. The fourth-order valence-electron chi connectivity index (χ4n) is 6.73. The number of benzene rings is 3. The number of rotatable bonds is 13. The van der Waals surface area contributed by atoms with Crippen LogP contribution in [-0.2, 0) is 25.5 Å². The van der Waals surface area contributed by atoms with E-state index in [1.807, 2.05) is 12.3 Å². The minimum atomic E-state index is -0.624. The van der Waals surface area contributed by atoms with Crippen LogP contribution in [0.15, 0.2) is 60.8 Å².